The van der Waals surface area contributed by atoms with Crippen molar-refractivity contribution in [1.82, 2.24) is 0 Å². The Hall–Kier alpha value is -0.770. The van der Waals surface area contributed by atoms with Gasteiger partial charge in [-0.1, -0.05) is 11.6 Å². The average Bonchev–Trinajstić information content (AvgIpc) is 2.69. The lowest BCUT2D eigenvalue weighted by Crippen LogP contribution is -2.17. The van der Waals surface area contributed by atoms with Crippen LogP contribution in [-0.4, -0.2) is 6.04 Å². The van der Waals surface area contributed by atoms with Gasteiger partial charge in [-0.25, -0.2) is 0 Å². The molecular weight excluding hydrogens is 302 g/mol. The second kappa shape index (κ2) is 5.25. The molecule has 1 aromatic heterocycles. The van der Waals surface area contributed by atoms with Gasteiger partial charge in [-0.2, -0.15) is 0 Å². The van der Waals surface area contributed by atoms with E-state index in [0.717, 1.165) is 28.0 Å². The topological polar surface area (TPSA) is 39.2 Å². The summed E-state index contributed by atoms with van der Waals surface area (Å²) in [7, 11) is 0. The molecular formula is C13H13BrClNO. The van der Waals surface area contributed by atoms with E-state index in [-0.39, 0.29) is 6.04 Å². The van der Waals surface area contributed by atoms with E-state index in [9.17, 15) is 0 Å². The zero-order valence-electron chi connectivity index (χ0n) is 9.41. The first kappa shape index (κ1) is 12.7. The number of benzene rings is 1. The average molecular weight is 315 g/mol. The van der Waals surface area contributed by atoms with E-state index in [1.807, 2.05) is 37.3 Å². The molecule has 90 valence electrons. The summed E-state index contributed by atoms with van der Waals surface area (Å²) in [5.41, 5.74) is 6.73. The highest BCUT2D eigenvalue weighted by Crippen LogP contribution is 2.29. The van der Waals surface area contributed by atoms with Crippen molar-refractivity contribution in [2.24, 2.45) is 5.73 Å². The van der Waals surface area contributed by atoms with Crippen LogP contribution in [0.1, 0.15) is 12.7 Å². The molecule has 0 aliphatic heterocycles. The number of halogens is 2. The van der Waals surface area contributed by atoms with E-state index in [4.69, 9.17) is 21.8 Å². The molecule has 0 saturated heterocycles. The van der Waals surface area contributed by atoms with Crippen molar-refractivity contribution in [3.63, 3.8) is 0 Å². The predicted molar refractivity (Wildman–Crippen MR) is 74.2 cm³/mol. The lowest BCUT2D eigenvalue weighted by molar-refractivity contribution is 0.503. The molecule has 0 bridgehead atoms. The fourth-order valence-corrected chi connectivity index (χ4v) is 2.11. The molecule has 1 atom stereocenters. The molecule has 2 aromatic rings. The molecule has 0 aliphatic carbocycles. The molecule has 0 fully saturated rings. The quantitative estimate of drug-likeness (QED) is 0.919. The molecule has 0 spiro atoms. The SMILES string of the molecule is CC(N)Cc1ccc(-c2ccc(Cl)c(Br)c2)o1. The van der Waals surface area contributed by atoms with E-state index in [1.165, 1.54) is 0 Å². The van der Waals surface area contributed by atoms with Crippen LogP contribution in [0.2, 0.25) is 5.02 Å². The summed E-state index contributed by atoms with van der Waals surface area (Å²) in [6, 6.07) is 9.73. The Labute approximate surface area is 114 Å². The maximum absolute atomic E-state index is 5.95. The molecule has 0 radical (unpaired) electrons. The molecule has 0 aliphatic rings. The smallest absolute Gasteiger partial charge is 0.134 e. The molecule has 2 nitrogen and oxygen atoms in total. The van der Waals surface area contributed by atoms with Crippen molar-refractivity contribution in [1.29, 1.82) is 0 Å². The van der Waals surface area contributed by atoms with Crippen LogP contribution in [0.3, 0.4) is 0 Å². The molecule has 17 heavy (non-hydrogen) atoms. The Kier molecular flexibility index (Phi) is 3.92. The van der Waals surface area contributed by atoms with Crippen LogP contribution < -0.4 is 5.73 Å². The van der Waals surface area contributed by atoms with E-state index in [0.29, 0.717) is 5.02 Å². The molecule has 2 rings (SSSR count). The standard InChI is InChI=1S/C13H13BrClNO/c1-8(16)6-10-3-5-13(17-10)9-2-4-12(15)11(14)7-9/h2-5,7-8H,6,16H2,1H3. The van der Waals surface area contributed by atoms with Crippen molar-refractivity contribution in [2.45, 2.75) is 19.4 Å². The van der Waals surface area contributed by atoms with E-state index < -0.39 is 0 Å². The lowest BCUT2D eigenvalue weighted by Gasteiger charge is -2.02. The number of hydrogen-bond acceptors (Lipinski definition) is 2. The maximum atomic E-state index is 5.95. The molecule has 1 heterocycles. The van der Waals surface area contributed by atoms with Crippen LogP contribution in [-0.2, 0) is 6.42 Å². The third-order valence-electron chi connectivity index (χ3n) is 2.39. The van der Waals surface area contributed by atoms with Gasteiger partial charge in [0, 0.05) is 22.5 Å². The summed E-state index contributed by atoms with van der Waals surface area (Å²) in [6.45, 7) is 1.96. The fourth-order valence-electron chi connectivity index (χ4n) is 1.61. The Morgan fingerprint density at radius 3 is 2.76 bits per heavy atom. The van der Waals surface area contributed by atoms with Crippen LogP contribution in [0.15, 0.2) is 39.2 Å². The van der Waals surface area contributed by atoms with Crippen molar-refractivity contribution in [2.75, 3.05) is 0 Å². The Morgan fingerprint density at radius 1 is 1.35 bits per heavy atom. The summed E-state index contributed by atoms with van der Waals surface area (Å²) < 4.78 is 6.59. The minimum Gasteiger partial charge on any atom is -0.461 e. The summed E-state index contributed by atoms with van der Waals surface area (Å²) in [6.07, 6.45) is 0.745. The maximum Gasteiger partial charge on any atom is 0.134 e. The zero-order valence-corrected chi connectivity index (χ0v) is 11.8. The first-order chi connectivity index (χ1) is 8.06. The Morgan fingerprint density at radius 2 is 2.12 bits per heavy atom. The van der Waals surface area contributed by atoms with Gasteiger partial charge in [0.1, 0.15) is 11.5 Å². The van der Waals surface area contributed by atoms with Crippen molar-refractivity contribution < 1.29 is 4.42 Å². The van der Waals surface area contributed by atoms with Gasteiger partial charge in [0.25, 0.3) is 0 Å². The predicted octanol–water partition coefficient (Wildman–Crippen LogP) is 4.25. The summed E-state index contributed by atoms with van der Waals surface area (Å²) in [4.78, 5) is 0. The van der Waals surface area contributed by atoms with Gasteiger partial charge in [0.15, 0.2) is 0 Å². The third kappa shape index (κ3) is 3.12. The van der Waals surface area contributed by atoms with Crippen molar-refractivity contribution in [3.8, 4) is 11.3 Å². The third-order valence-corrected chi connectivity index (χ3v) is 3.60. The molecule has 2 N–H and O–H groups in total. The Balaban J connectivity index is 2.27. The summed E-state index contributed by atoms with van der Waals surface area (Å²) in [5, 5.41) is 0.691. The number of nitrogens with two attached hydrogens (primary N) is 1. The van der Waals surface area contributed by atoms with Crippen LogP contribution in [0.5, 0.6) is 0 Å². The van der Waals surface area contributed by atoms with Gasteiger partial charge < -0.3 is 10.2 Å². The van der Waals surface area contributed by atoms with Gasteiger partial charge >= 0.3 is 0 Å². The number of hydrogen-bond donors (Lipinski definition) is 1. The van der Waals surface area contributed by atoms with Gasteiger partial charge in [-0.15, -0.1) is 0 Å². The van der Waals surface area contributed by atoms with Gasteiger partial charge in [-0.3, -0.25) is 0 Å². The van der Waals surface area contributed by atoms with E-state index in [2.05, 4.69) is 15.9 Å². The van der Waals surface area contributed by atoms with Crippen LogP contribution >= 0.6 is 27.5 Å². The van der Waals surface area contributed by atoms with Gasteiger partial charge in [0.05, 0.1) is 5.02 Å². The molecule has 4 heteroatoms. The largest absolute Gasteiger partial charge is 0.461 e. The molecule has 0 amide bonds. The second-order valence-electron chi connectivity index (χ2n) is 4.08. The van der Waals surface area contributed by atoms with Crippen LogP contribution in [0.4, 0.5) is 0 Å². The minimum atomic E-state index is 0.103. The van der Waals surface area contributed by atoms with Gasteiger partial charge in [-0.05, 0) is 53.2 Å². The van der Waals surface area contributed by atoms with Gasteiger partial charge in [0.2, 0.25) is 0 Å². The Bertz CT molecular complexity index is 522. The first-order valence-electron chi connectivity index (χ1n) is 5.36. The molecule has 1 aromatic carbocycles. The lowest BCUT2D eigenvalue weighted by atomic mass is 10.2. The van der Waals surface area contributed by atoms with Crippen LogP contribution in [0, 0.1) is 0 Å². The van der Waals surface area contributed by atoms with Crippen molar-refractivity contribution in [3.05, 3.63) is 45.6 Å². The van der Waals surface area contributed by atoms with Crippen LogP contribution in [0.25, 0.3) is 11.3 Å². The highest BCUT2D eigenvalue weighted by atomic mass is 79.9. The highest BCUT2D eigenvalue weighted by Gasteiger charge is 2.08. The normalized spacial score (nSPS) is 12.7. The monoisotopic (exact) mass is 313 g/mol. The molecule has 0 saturated carbocycles. The molecule has 1 unspecified atom stereocenters. The first-order valence-corrected chi connectivity index (χ1v) is 6.53. The van der Waals surface area contributed by atoms with Crippen molar-refractivity contribution >= 4 is 27.5 Å². The number of rotatable bonds is 3. The second-order valence-corrected chi connectivity index (χ2v) is 5.34. The zero-order chi connectivity index (χ0) is 12.4. The minimum absolute atomic E-state index is 0.103. The van der Waals surface area contributed by atoms with E-state index in [1.54, 1.807) is 0 Å². The highest BCUT2D eigenvalue weighted by molar-refractivity contribution is 9.10. The fraction of sp³-hybridized carbons (Fsp3) is 0.231. The summed E-state index contributed by atoms with van der Waals surface area (Å²) in [5.74, 6) is 1.74. The van der Waals surface area contributed by atoms with E-state index >= 15 is 0 Å². The number of furan rings is 1. The summed E-state index contributed by atoms with van der Waals surface area (Å²) >= 11 is 9.34.